The predicted molar refractivity (Wildman–Crippen MR) is 156 cm³/mol. The molecule has 1 fully saturated rings. The van der Waals surface area contributed by atoms with Crippen LogP contribution in [0.2, 0.25) is 0 Å². The largest absolute Gasteiger partial charge is 0.445 e. The zero-order valence-electron chi connectivity index (χ0n) is 23.7. The van der Waals surface area contributed by atoms with Crippen LogP contribution in [0.15, 0.2) is 65.2 Å². The second-order valence-electron chi connectivity index (χ2n) is 10.5. The number of nitrogens with two attached hydrogens (primary N) is 1. The summed E-state index contributed by atoms with van der Waals surface area (Å²) in [5.74, 6) is -0.0239. The molecular weight excluding hydrogens is 520 g/mol. The molecule has 0 saturated carbocycles. The smallest absolute Gasteiger partial charge is 0.408 e. The predicted octanol–water partition coefficient (Wildman–Crippen LogP) is 3.82. The standard InChI is InChI=1S/C31H42N6O4/c32-17-9-7-16-27(33-31(39)40-24-26-14-5-2-6-15-26)29(38)30-34-28(41-35-30)23-37-21-19-36(20-22-37)18-10-8-13-25-11-3-1-4-12-25/h1-6,11-12,14-15,27H,7-10,13,16-24,32H2,(H,33,39)/t27-/m0/s1. The Bertz CT molecular complexity index is 1180. The van der Waals surface area contributed by atoms with Gasteiger partial charge in [0.15, 0.2) is 0 Å². The molecule has 2 heterocycles. The van der Waals surface area contributed by atoms with Crippen molar-refractivity contribution in [2.45, 2.75) is 57.7 Å². The molecular formula is C31H42N6O4. The molecule has 0 bridgehead atoms. The van der Waals surface area contributed by atoms with Crippen molar-refractivity contribution in [3.63, 3.8) is 0 Å². The van der Waals surface area contributed by atoms with Gasteiger partial charge in [-0.15, -0.1) is 0 Å². The minimum Gasteiger partial charge on any atom is -0.445 e. The van der Waals surface area contributed by atoms with Crippen LogP contribution in [0, 0.1) is 0 Å². The van der Waals surface area contributed by atoms with Crippen molar-refractivity contribution in [2.75, 3.05) is 39.3 Å². The highest BCUT2D eigenvalue weighted by Crippen LogP contribution is 2.12. The number of aryl methyl sites for hydroxylation is 1. The van der Waals surface area contributed by atoms with Crippen LogP contribution in [0.3, 0.4) is 0 Å². The number of nitrogens with zero attached hydrogens (tertiary/aromatic N) is 4. The van der Waals surface area contributed by atoms with Gasteiger partial charge in [0.25, 0.3) is 0 Å². The summed E-state index contributed by atoms with van der Waals surface area (Å²) in [5, 5.41) is 6.61. The van der Waals surface area contributed by atoms with Gasteiger partial charge in [0.1, 0.15) is 6.61 Å². The van der Waals surface area contributed by atoms with Crippen molar-refractivity contribution in [3.05, 3.63) is 83.5 Å². The molecule has 3 aromatic rings. The number of aromatic nitrogens is 2. The number of hydrogen-bond acceptors (Lipinski definition) is 9. The summed E-state index contributed by atoms with van der Waals surface area (Å²) in [7, 11) is 0. The summed E-state index contributed by atoms with van der Waals surface area (Å²) in [5.41, 5.74) is 7.88. The lowest BCUT2D eigenvalue weighted by Gasteiger charge is -2.33. The van der Waals surface area contributed by atoms with Gasteiger partial charge in [-0.2, -0.15) is 4.98 Å². The Morgan fingerprint density at radius 3 is 2.29 bits per heavy atom. The fourth-order valence-corrected chi connectivity index (χ4v) is 4.92. The lowest BCUT2D eigenvalue weighted by molar-refractivity contribution is 0.0896. The molecule has 10 heteroatoms. The maximum absolute atomic E-state index is 13.2. The third-order valence-electron chi connectivity index (χ3n) is 7.31. The number of alkyl carbamates (subject to hydrolysis) is 1. The first-order valence-corrected chi connectivity index (χ1v) is 14.6. The van der Waals surface area contributed by atoms with Gasteiger partial charge in [0.05, 0.1) is 12.6 Å². The van der Waals surface area contributed by atoms with Crippen molar-refractivity contribution in [1.82, 2.24) is 25.3 Å². The SMILES string of the molecule is NCCCC[C@H](NC(=O)OCc1ccccc1)C(=O)c1noc(CN2CCN(CCCCc3ccccc3)CC2)n1. The number of nitrogens with one attached hydrogen (secondary N) is 1. The average Bonchev–Trinajstić information content (AvgIpc) is 3.48. The molecule has 220 valence electrons. The molecule has 0 radical (unpaired) electrons. The molecule has 1 aliphatic heterocycles. The second-order valence-corrected chi connectivity index (χ2v) is 10.5. The second kappa shape index (κ2) is 16.6. The molecule has 1 aliphatic rings. The maximum atomic E-state index is 13.2. The summed E-state index contributed by atoms with van der Waals surface area (Å²) in [6.07, 6.45) is 4.65. The summed E-state index contributed by atoms with van der Waals surface area (Å²) < 4.78 is 10.7. The van der Waals surface area contributed by atoms with Gasteiger partial charge < -0.3 is 25.2 Å². The van der Waals surface area contributed by atoms with E-state index in [9.17, 15) is 9.59 Å². The molecule has 3 N–H and O–H groups in total. The Labute approximate surface area is 242 Å². The Morgan fingerprint density at radius 1 is 0.902 bits per heavy atom. The molecule has 4 rings (SSSR count). The third kappa shape index (κ3) is 10.4. The summed E-state index contributed by atoms with van der Waals surface area (Å²) in [6, 6.07) is 19.2. The molecule has 1 saturated heterocycles. The maximum Gasteiger partial charge on any atom is 0.408 e. The van der Waals surface area contributed by atoms with Crippen LogP contribution in [0.4, 0.5) is 4.79 Å². The molecule has 1 atom stereocenters. The normalized spacial score (nSPS) is 15.0. The Morgan fingerprint density at radius 2 is 1.59 bits per heavy atom. The van der Waals surface area contributed by atoms with Crippen LogP contribution in [0.5, 0.6) is 0 Å². The van der Waals surface area contributed by atoms with Crippen LogP contribution in [0.1, 0.15) is 59.7 Å². The number of ether oxygens (including phenoxy) is 1. The van der Waals surface area contributed by atoms with E-state index in [2.05, 4.69) is 55.6 Å². The monoisotopic (exact) mass is 562 g/mol. The fourth-order valence-electron chi connectivity index (χ4n) is 4.92. The van der Waals surface area contributed by atoms with E-state index >= 15 is 0 Å². The van der Waals surface area contributed by atoms with Crippen LogP contribution in [0.25, 0.3) is 0 Å². The number of hydrogen-bond donors (Lipinski definition) is 2. The van der Waals surface area contributed by atoms with E-state index in [0.29, 0.717) is 31.8 Å². The number of benzene rings is 2. The summed E-state index contributed by atoms with van der Waals surface area (Å²) >= 11 is 0. The third-order valence-corrected chi connectivity index (χ3v) is 7.31. The number of piperazine rings is 1. The zero-order valence-corrected chi connectivity index (χ0v) is 23.7. The number of ketones is 1. The minimum atomic E-state index is -0.819. The molecule has 0 spiro atoms. The van der Waals surface area contributed by atoms with Gasteiger partial charge in [0.2, 0.25) is 17.5 Å². The lowest BCUT2D eigenvalue weighted by Crippen LogP contribution is -2.46. The van der Waals surface area contributed by atoms with Crippen LogP contribution < -0.4 is 11.1 Å². The number of carbonyl (C=O) groups is 2. The van der Waals surface area contributed by atoms with E-state index in [4.69, 9.17) is 15.0 Å². The van der Waals surface area contributed by atoms with Gasteiger partial charge in [-0.3, -0.25) is 9.69 Å². The number of Topliss-reactive ketones (excluding diaryl/α,β-unsaturated/α-hetero) is 1. The zero-order chi connectivity index (χ0) is 28.7. The fraction of sp³-hybridized carbons (Fsp3) is 0.484. The number of rotatable bonds is 16. The van der Waals surface area contributed by atoms with Crippen molar-refractivity contribution in [3.8, 4) is 0 Å². The first kappa shape index (κ1) is 30.4. The van der Waals surface area contributed by atoms with E-state index in [1.165, 1.54) is 18.4 Å². The highest BCUT2D eigenvalue weighted by molar-refractivity contribution is 5.98. The highest BCUT2D eigenvalue weighted by Gasteiger charge is 2.27. The summed E-state index contributed by atoms with van der Waals surface area (Å²) in [4.78, 5) is 34.8. The first-order valence-electron chi connectivity index (χ1n) is 14.6. The van der Waals surface area contributed by atoms with Gasteiger partial charge in [-0.05, 0) is 62.7 Å². The van der Waals surface area contributed by atoms with Crippen molar-refractivity contribution in [2.24, 2.45) is 5.73 Å². The van der Waals surface area contributed by atoms with Gasteiger partial charge in [-0.1, -0.05) is 65.8 Å². The highest BCUT2D eigenvalue weighted by atomic mass is 16.5. The van der Waals surface area contributed by atoms with Gasteiger partial charge in [0, 0.05) is 26.2 Å². The molecule has 0 unspecified atom stereocenters. The van der Waals surface area contributed by atoms with Crippen molar-refractivity contribution < 1.29 is 18.8 Å². The van der Waals surface area contributed by atoms with Crippen LogP contribution in [-0.2, 0) is 24.3 Å². The lowest BCUT2D eigenvalue weighted by atomic mass is 10.0. The number of unbranched alkanes of at least 4 members (excludes halogenated alkanes) is 2. The van der Waals surface area contributed by atoms with Gasteiger partial charge >= 0.3 is 6.09 Å². The van der Waals surface area contributed by atoms with E-state index in [0.717, 1.165) is 51.1 Å². The molecule has 1 amide bonds. The topological polar surface area (TPSA) is 127 Å². The average molecular weight is 563 g/mol. The quantitative estimate of drug-likeness (QED) is 0.198. The molecule has 0 aliphatic carbocycles. The van der Waals surface area contributed by atoms with Gasteiger partial charge in [-0.25, -0.2) is 4.79 Å². The van der Waals surface area contributed by atoms with E-state index in [-0.39, 0.29) is 12.4 Å². The Kier molecular flexibility index (Phi) is 12.3. The molecule has 2 aromatic carbocycles. The summed E-state index contributed by atoms with van der Waals surface area (Å²) in [6.45, 7) is 6.00. The minimum absolute atomic E-state index is 0.0295. The number of carbonyl (C=O) groups excluding carboxylic acids is 2. The first-order chi connectivity index (χ1) is 20.1. The van der Waals surface area contributed by atoms with E-state index < -0.39 is 17.9 Å². The molecule has 41 heavy (non-hydrogen) atoms. The molecule has 1 aromatic heterocycles. The van der Waals surface area contributed by atoms with Crippen molar-refractivity contribution >= 4 is 11.9 Å². The molecule has 10 nitrogen and oxygen atoms in total. The van der Waals surface area contributed by atoms with Crippen LogP contribution in [-0.4, -0.2) is 77.1 Å². The Hall–Kier alpha value is -3.60. The van der Waals surface area contributed by atoms with Crippen LogP contribution >= 0.6 is 0 Å². The van der Waals surface area contributed by atoms with E-state index in [1.54, 1.807) is 0 Å². The number of amides is 1. The van der Waals surface area contributed by atoms with E-state index in [1.807, 2.05) is 30.3 Å². The van der Waals surface area contributed by atoms with Crippen molar-refractivity contribution in [1.29, 1.82) is 0 Å². The Balaban J connectivity index is 1.20.